The Bertz CT molecular complexity index is 725. The number of halogens is 1. The van der Waals surface area contributed by atoms with Gasteiger partial charge in [-0.25, -0.2) is 4.39 Å². The predicted octanol–water partition coefficient (Wildman–Crippen LogP) is 2.74. The largest absolute Gasteiger partial charge is 0.484 e. The molecule has 2 N–H and O–H groups in total. The number of rotatable bonds is 6. The van der Waals surface area contributed by atoms with Crippen molar-refractivity contribution < 1.29 is 18.7 Å². The maximum absolute atomic E-state index is 12.8. The highest BCUT2D eigenvalue weighted by atomic mass is 19.1. The summed E-state index contributed by atoms with van der Waals surface area (Å²) in [5, 5.41) is 5.57. The zero-order chi connectivity index (χ0) is 16.9. The first-order chi connectivity index (χ1) is 11.6. The van der Waals surface area contributed by atoms with E-state index in [4.69, 9.17) is 4.74 Å². The van der Waals surface area contributed by atoms with Gasteiger partial charge in [-0.05, 0) is 61.4 Å². The molecule has 1 fully saturated rings. The van der Waals surface area contributed by atoms with Crippen molar-refractivity contribution in [3.63, 3.8) is 0 Å². The Kier molecular flexibility index (Phi) is 4.74. The standard InChI is InChI=1S/C18H17FN2O3/c19-13-3-9-16(10-4-13)24-11-17(22)20-14-5-1-12(2-6-14)18(23)21-15-7-8-15/h1-6,9-10,15H,7-8,11H2,(H,20,22)(H,21,23). The fourth-order valence-electron chi connectivity index (χ4n) is 2.08. The van der Waals surface area contributed by atoms with Gasteiger partial charge in [0.25, 0.3) is 11.8 Å². The Hall–Kier alpha value is -2.89. The highest BCUT2D eigenvalue weighted by Gasteiger charge is 2.23. The van der Waals surface area contributed by atoms with Crippen molar-refractivity contribution in [2.24, 2.45) is 0 Å². The Balaban J connectivity index is 1.48. The van der Waals surface area contributed by atoms with Crippen molar-refractivity contribution in [3.8, 4) is 5.75 Å². The van der Waals surface area contributed by atoms with Gasteiger partial charge in [0.15, 0.2) is 6.61 Å². The zero-order valence-corrected chi connectivity index (χ0v) is 12.9. The zero-order valence-electron chi connectivity index (χ0n) is 12.9. The molecule has 6 heteroatoms. The summed E-state index contributed by atoms with van der Waals surface area (Å²) < 4.78 is 18.0. The van der Waals surface area contributed by atoms with Crippen LogP contribution in [0.2, 0.25) is 0 Å². The molecule has 124 valence electrons. The van der Waals surface area contributed by atoms with E-state index < -0.39 is 0 Å². The first kappa shape index (κ1) is 16.0. The third-order valence-electron chi connectivity index (χ3n) is 3.53. The summed E-state index contributed by atoms with van der Waals surface area (Å²) in [6.07, 6.45) is 2.07. The average molecular weight is 328 g/mol. The minimum atomic E-state index is -0.363. The maximum atomic E-state index is 12.8. The van der Waals surface area contributed by atoms with Crippen LogP contribution in [0.5, 0.6) is 5.75 Å². The Labute approximate surface area is 138 Å². The summed E-state index contributed by atoms with van der Waals surface area (Å²) in [4.78, 5) is 23.7. The van der Waals surface area contributed by atoms with Crippen molar-refractivity contribution in [1.82, 2.24) is 5.32 Å². The molecule has 2 amide bonds. The van der Waals surface area contributed by atoms with Crippen molar-refractivity contribution in [2.75, 3.05) is 11.9 Å². The first-order valence-corrected chi connectivity index (χ1v) is 7.69. The molecule has 1 saturated carbocycles. The van der Waals surface area contributed by atoms with Gasteiger partial charge >= 0.3 is 0 Å². The fraction of sp³-hybridized carbons (Fsp3) is 0.222. The van der Waals surface area contributed by atoms with Crippen LogP contribution in [0.4, 0.5) is 10.1 Å². The number of carbonyl (C=O) groups excluding carboxylic acids is 2. The second kappa shape index (κ2) is 7.12. The highest BCUT2D eigenvalue weighted by molar-refractivity contribution is 5.96. The molecule has 0 aromatic heterocycles. The van der Waals surface area contributed by atoms with Crippen molar-refractivity contribution >= 4 is 17.5 Å². The van der Waals surface area contributed by atoms with E-state index in [1.54, 1.807) is 24.3 Å². The van der Waals surface area contributed by atoms with Gasteiger partial charge in [0.2, 0.25) is 0 Å². The van der Waals surface area contributed by atoms with Crippen LogP contribution in [0.15, 0.2) is 48.5 Å². The molecule has 5 nitrogen and oxygen atoms in total. The molecule has 0 spiro atoms. The van der Waals surface area contributed by atoms with E-state index in [0.717, 1.165) is 12.8 Å². The van der Waals surface area contributed by atoms with Crippen LogP contribution in [-0.4, -0.2) is 24.5 Å². The molecule has 3 rings (SSSR count). The molecule has 1 aliphatic carbocycles. The third kappa shape index (κ3) is 4.55. The van der Waals surface area contributed by atoms with Crippen LogP contribution < -0.4 is 15.4 Å². The van der Waals surface area contributed by atoms with Crippen LogP contribution in [0.1, 0.15) is 23.2 Å². The quantitative estimate of drug-likeness (QED) is 0.857. The number of ether oxygens (including phenoxy) is 1. The number of benzene rings is 2. The lowest BCUT2D eigenvalue weighted by Gasteiger charge is -2.08. The molecule has 0 unspecified atom stereocenters. The Morgan fingerprint density at radius 1 is 1.04 bits per heavy atom. The molecular weight excluding hydrogens is 311 g/mol. The minimum absolute atomic E-state index is 0.102. The average Bonchev–Trinajstić information content (AvgIpc) is 3.39. The monoisotopic (exact) mass is 328 g/mol. The summed E-state index contributed by atoms with van der Waals surface area (Å²) in [6, 6.07) is 12.4. The van der Waals surface area contributed by atoms with Crippen molar-refractivity contribution in [2.45, 2.75) is 18.9 Å². The van der Waals surface area contributed by atoms with E-state index in [-0.39, 0.29) is 24.2 Å². The number of anilines is 1. The lowest BCUT2D eigenvalue weighted by atomic mass is 10.2. The molecule has 0 aliphatic heterocycles. The smallest absolute Gasteiger partial charge is 0.262 e. The number of nitrogens with one attached hydrogen (secondary N) is 2. The third-order valence-corrected chi connectivity index (χ3v) is 3.53. The summed E-state index contributed by atoms with van der Waals surface area (Å²) >= 11 is 0. The molecular formula is C18H17FN2O3. The first-order valence-electron chi connectivity index (χ1n) is 7.69. The maximum Gasteiger partial charge on any atom is 0.262 e. The fourth-order valence-corrected chi connectivity index (χ4v) is 2.08. The van der Waals surface area contributed by atoms with E-state index in [0.29, 0.717) is 23.0 Å². The minimum Gasteiger partial charge on any atom is -0.484 e. The topological polar surface area (TPSA) is 67.4 Å². The Morgan fingerprint density at radius 2 is 1.71 bits per heavy atom. The van der Waals surface area contributed by atoms with E-state index >= 15 is 0 Å². The Morgan fingerprint density at radius 3 is 2.33 bits per heavy atom. The van der Waals surface area contributed by atoms with Gasteiger partial charge in [0.05, 0.1) is 0 Å². The molecule has 2 aromatic rings. The van der Waals surface area contributed by atoms with Crippen molar-refractivity contribution in [1.29, 1.82) is 0 Å². The molecule has 0 heterocycles. The van der Waals surface area contributed by atoms with E-state index in [9.17, 15) is 14.0 Å². The number of hydrogen-bond acceptors (Lipinski definition) is 3. The summed E-state index contributed by atoms with van der Waals surface area (Å²) in [6.45, 7) is -0.185. The molecule has 0 atom stereocenters. The van der Waals surface area contributed by atoms with Gasteiger partial charge in [-0.15, -0.1) is 0 Å². The lowest BCUT2D eigenvalue weighted by Crippen LogP contribution is -2.25. The van der Waals surface area contributed by atoms with Gasteiger partial charge in [-0.3, -0.25) is 9.59 Å². The van der Waals surface area contributed by atoms with Gasteiger partial charge in [-0.2, -0.15) is 0 Å². The van der Waals surface area contributed by atoms with E-state index in [1.807, 2.05) is 0 Å². The summed E-state index contributed by atoms with van der Waals surface area (Å²) in [7, 11) is 0. The predicted molar refractivity (Wildman–Crippen MR) is 87.5 cm³/mol. The van der Waals surface area contributed by atoms with Crippen molar-refractivity contribution in [3.05, 3.63) is 59.9 Å². The second-order valence-corrected chi connectivity index (χ2v) is 5.62. The van der Waals surface area contributed by atoms with Crippen LogP contribution in [0, 0.1) is 5.82 Å². The number of amides is 2. The summed E-state index contributed by atoms with van der Waals surface area (Å²) in [5.74, 6) is -0.388. The van der Waals surface area contributed by atoms with E-state index in [2.05, 4.69) is 10.6 Å². The second-order valence-electron chi connectivity index (χ2n) is 5.62. The van der Waals surface area contributed by atoms with E-state index in [1.165, 1.54) is 24.3 Å². The summed E-state index contributed by atoms with van der Waals surface area (Å²) in [5.41, 5.74) is 1.13. The van der Waals surface area contributed by atoms with Crippen LogP contribution in [0.25, 0.3) is 0 Å². The molecule has 2 aromatic carbocycles. The van der Waals surface area contributed by atoms with Crippen LogP contribution in [0.3, 0.4) is 0 Å². The SMILES string of the molecule is O=C(COc1ccc(F)cc1)Nc1ccc(C(=O)NC2CC2)cc1. The molecule has 0 bridgehead atoms. The molecule has 0 radical (unpaired) electrons. The van der Waals surface area contributed by atoms with Crippen LogP contribution >= 0.6 is 0 Å². The lowest BCUT2D eigenvalue weighted by molar-refractivity contribution is -0.118. The number of carbonyl (C=O) groups is 2. The van der Waals surface area contributed by atoms with Crippen LogP contribution in [-0.2, 0) is 4.79 Å². The van der Waals surface area contributed by atoms with Gasteiger partial charge < -0.3 is 15.4 Å². The molecule has 1 aliphatic rings. The van der Waals surface area contributed by atoms with Gasteiger partial charge in [-0.1, -0.05) is 0 Å². The number of hydrogen-bond donors (Lipinski definition) is 2. The van der Waals surface area contributed by atoms with Gasteiger partial charge in [0.1, 0.15) is 11.6 Å². The molecule has 0 saturated heterocycles. The van der Waals surface area contributed by atoms with Gasteiger partial charge in [0, 0.05) is 17.3 Å². The molecule has 24 heavy (non-hydrogen) atoms. The highest BCUT2D eigenvalue weighted by Crippen LogP contribution is 2.19. The normalized spacial score (nSPS) is 13.2.